The maximum absolute atomic E-state index is 4.72. The number of halogens is 1. The number of guanidine groups is 1. The van der Waals surface area contributed by atoms with Crippen LogP contribution in [-0.4, -0.2) is 53.9 Å². The quantitative estimate of drug-likeness (QED) is 0.366. The van der Waals surface area contributed by atoms with Crippen molar-refractivity contribution in [3.8, 4) is 5.69 Å². The van der Waals surface area contributed by atoms with Gasteiger partial charge in [-0.2, -0.15) is 5.10 Å². The molecule has 3 rings (SSSR count). The first-order valence-corrected chi connectivity index (χ1v) is 9.96. The van der Waals surface area contributed by atoms with Crippen LogP contribution in [0.2, 0.25) is 0 Å². The summed E-state index contributed by atoms with van der Waals surface area (Å²) in [6.07, 6.45) is 4.04. The second-order valence-corrected chi connectivity index (χ2v) is 7.15. The number of aromatic nitrogens is 2. The molecule has 1 aliphatic heterocycles. The van der Waals surface area contributed by atoms with Gasteiger partial charge in [0.25, 0.3) is 0 Å². The van der Waals surface area contributed by atoms with Gasteiger partial charge in [0.2, 0.25) is 0 Å². The summed E-state index contributed by atoms with van der Waals surface area (Å²) in [5.74, 6) is 0.846. The molecule has 0 radical (unpaired) electrons. The highest BCUT2D eigenvalue weighted by Gasteiger charge is 2.13. The van der Waals surface area contributed by atoms with E-state index in [0.29, 0.717) is 6.54 Å². The maximum Gasteiger partial charge on any atom is 0.191 e. The molecule has 0 aliphatic carbocycles. The first kappa shape index (κ1) is 22.7. The number of hydrogen-bond donors (Lipinski definition) is 2. The third-order valence-corrected chi connectivity index (χ3v) is 5.27. The van der Waals surface area contributed by atoms with Gasteiger partial charge in [-0.3, -0.25) is 4.99 Å². The summed E-state index contributed by atoms with van der Waals surface area (Å²) in [6, 6.07) is 10.3. The fourth-order valence-corrected chi connectivity index (χ4v) is 3.66. The molecule has 1 saturated heterocycles. The minimum absolute atomic E-state index is 0. The topological polar surface area (TPSA) is 57.5 Å². The molecule has 28 heavy (non-hydrogen) atoms. The number of piperidine rings is 1. The number of likely N-dealkylation sites (tertiary alicyclic amines) is 1. The molecule has 1 aromatic heterocycles. The van der Waals surface area contributed by atoms with Crippen LogP contribution in [0.25, 0.3) is 5.69 Å². The van der Waals surface area contributed by atoms with Crippen LogP contribution in [0.3, 0.4) is 0 Å². The van der Waals surface area contributed by atoms with Crippen molar-refractivity contribution in [1.29, 1.82) is 0 Å². The third-order valence-electron chi connectivity index (χ3n) is 5.27. The van der Waals surface area contributed by atoms with E-state index < -0.39 is 0 Å². The predicted molar refractivity (Wildman–Crippen MR) is 127 cm³/mol. The number of aliphatic imine (C=N–C) groups is 1. The normalized spacial score (nSPS) is 15.2. The molecule has 6 nitrogen and oxygen atoms in total. The summed E-state index contributed by atoms with van der Waals surface area (Å²) >= 11 is 0. The van der Waals surface area contributed by atoms with Gasteiger partial charge in [-0.25, -0.2) is 4.68 Å². The van der Waals surface area contributed by atoms with E-state index in [2.05, 4.69) is 46.5 Å². The van der Waals surface area contributed by atoms with Gasteiger partial charge in [-0.15, -0.1) is 24.0 Å². The van der Waals surface area contributed by atoms with Crippen LogP contribution < -0.4 is 10.6 Å². The van der Waals surface area contributed by atoms with E-state index in [9.17, 15) is 0 Å². The largest absolute Gasteiger partial charge is 0.355 e. The van der Waals surface area contributed by atoms with Gasteiger partial charge in [0, 0.05) is 37.9 Å². The summed E-state index contributed by atoms with van der Waals surface area (Å²) in [7, 11) is 1.82. The Morgan fingerprint density at radius 1 is 1.07 bits per heavy atom. The molecule has 0 unspecified atom stereocenters. The second kappa shape index (κ2) is 11.4. The van der Waals surface area contributed by atoms with Crippen LogP contribution in [0.15, 0.2) is 35.3 Å². The van der Waals surface area contributed by atoms with E-state index in [1.807, 2.05) is 29.9 Å². The number of para-hydroxylation sites is 1. The Morgan fingerprint density at radius 2 is 1.79 bits per heavy atom. The lowest BCUT2D eigenvalue weighted by Gasteiger charge is -2.26. The molecule has 0 amide bonds. The highest BCUT2D eigenvalue weighted by atomic mass is 127. The SMILES string of the molecule is CN=C(NCCN1CCCCC1)NCc1c(C)nn(-c2ccccc2)c1C.I. The summed E-state index contributed by atoms with van der Waals surface area (Å²) in [4.78, 5) is 6.89. The lowest BCUT2D eigenvalue weighted by molar-refractivity contribution is 0.232. The molecular weight excluding hydrogens is 463 g/mol. The molecule has 1 aliphatic rings. The van der Waals surface area contributed by atoms with Crippen LogP contribution in [0.5, 0.6) is 0 Å². The molecular formula is C21H33IN6. The molecule has 0 saturated carbocycles. The van der Waals surface area contributed by atoms with Gasteiger partial charge >= 0.3 is 0 Å². The standard InChI is InChI=1S/C21H32N6.HI/c1-17-20(18(2)27(25-17)19-10-6-4-7-11-19)16-24-21(22-3)23-12-15-26-13-8-5-9-14-26;/h4,6-7,10-11H,5,8-9,12-16H2,1-3H3,(H2,22,23,24);1H. The molecule has 2 N–H and O–H groups in total. The molecule has 2 heterocycles. The smallest absolute Gasteiger partial charge is 0.191 e. The van der Waals surface area contributed by atoms with Crippen LogP contribution in [0.1, 0.15) is 36.2 Å². The molecule has 0 spiro atoms. The third kappa shape index (κ3) is 5.94. The minimum Gasteiger partial charge on any atom is -0.355 e. The number of hydrogen-bond acceptors (Lipinski definition) is 3. The van der Waals surface area contributed by atoms with Crippen molar-refractivity contribution in [3.63, 3.8) is 0 Å². The number of aryl methyl sites for hydroxylation is 1. The molecule has 7 heteroatoms. The van der Waals surface area contributed by atoms with Gasteiger partial charge in [-0.05, 0) is 51.9 Å². The van der Waals surface area contributed by atoms with Crippen LogP contribution >= 0.6 is 24.0 Å². The van der Waals surface area contributed by atoms with Crippen molar-refractivity contribution in [2.24, 2.45) is 4.99 Å². The summed E-state index contributed by atoms with van der Waals surface area (Å²) < 4.78 is 2.01. The van der Waals surface area contributed by atoms with Crippen molar-refractivity contribution < 1.29 is 0 Å². The molecule has 0 atom stereocenters. The lowest BCUT2D eigenvalue weighted by Crippen LogP contribution is -2.42. The minimum atomic E-state index is 0. The molecule has 2 aromatic rings. The van der Waals surface area contributed by atoms with Gasteiger partial charge in [0.05, 0.1) is 11.4 Å². The van der Waals surface area contributed by atoms with Crippen molar-refractivity contribution >= 4 is 29.9 Å². The zero-order valence-electron chi connectivity index (χ0n) is 17.2. The van der Waals surface area contributed by atoms with E-state index in [1.165, 1.54) is 37.9 Å². The maximum atomic E-state index is 4.72. The number of nitrogens with one attached hydrogen (secondary N) is 2. The fourth-order valence-electron chi connectivity index (χ4n) is 3.66. The van der Waals surface area contributed by atoms with E-state index in [0.717, 1.165) is 36.1 Å². The van der Waals surface area contributed by atoms with E-state index in [4.69, 9.17) is 5.10 Å². The Kier molecular flexibility index (Phi) is 9.24. The molecule has 1 fully saturated rings. The Morgan fingerprint density at radius 3 is 2.46 bits per heavy atom. The van der Waals surface area contributed by atoms with E-state index in [1.54, 1.807) is 0 Å². The summed E-state index contributed by atoms with van der Waals surface area (Å²) in [6.45, 7) is 9.35. The Labute approximate surface area is 185 Å². The fraction of sp³-hybridized carbons (Fsp3) is 0.524. The molecule has 154 valence electrons. The Hall–Kier alpha value is -1.61. The van der Waals surface area contributed by atoms with E-state index >= 15 is 0 Å². The number of rotatable bonds is 6. The Bertz CT molecular complexity index is 750. The Balaban J connectivity index is 0.00000280. The van der Waals surface area contributed by atoms with Gasteiger partial charge in [-0.1, -0.05) is 24.6 Å². The van der Waals surface area contributed by atoms with Crippen molar-refractivity contribution in [3.05, 3.63) is 47.3 Å². The molecule has 0 bridgehead atoms. The van der Waals surface area contributed by atoms with Crippen LogP contribution in [0, 0.1) is 13.8 Å². The zero-order chi connectivity index (χ0) is 19.1. The summed E-state index contributed by atoms with van der Waals surface area (Å²) in [5, 5.41) is 11.6. The highest BCUT2D eigenvalue weighted by Crippen LogP contribution is 2.17. The van der Waals surface area contributed by atoms with Crippen LogP contribution in [-0.2, 0) is 6.54 Å². The van der Waals surface area contributed by atoms with Crippen molar-refractivity contribution in [1.82, 2.24) is 25.3 Å². The monoisotopic (exact) mass is 496 g/mol. The van der Waals surface area contributed by atoms with Gasteiger partial charge in [0.15, 0.2) is 5.96 Å². The number of benzene rings is 1. The summed E-state index contributed by atoms with van der Waals surface area (Å²) in [5.41, 5.74) is 4.52. The first-order valence-electron chi connectivity index (χ1n) is 9.96. The first-order chi connectivity index (χ1) is 13.2. The highest BCUT2D eigenvalue weighted by molar-refractivity contribution is 14.0. The van der Waals surface area contributed by atoms with Crippen molar-refractivity contribution in [2.45, 2.75) is 39.7 Å². The van der Waals surface area contributed by atoms with Crippen molar-refractivity contribution in [2.75, 3.05) is 33.2 Å². The lowest BCUT2D eigenvalue weighted by atomic mass is 10.1. The average molecular weight is 496 g/mol. The van der Waals surface area contributed by atoms with Crippen LogP contribution in [0.4, 0.5) is 0 Å². The number of nitrogens with zero attached hydrogens (tertiary/aromatic N) is 4. The van der Waals surface area contributed by atoms with E-state index in [-0.39, 0.29) is 24.0 Å². The average Bonchev–Trinajstić information content (AvgIpc) is 3.00. The van der Waals surface area contributed by atoms with Gasteiger partial charge in [0.1, 0.15) is 0 Å². The predicted octanol–water partition coefficient (Wildman–Crippen LogP) is 3.26. The van der Waals surface area contributed by atoms with Gasteiger partial charge < -0.3 is 15.5 Å². The zero-order valence-corrected chi connectivity index (χ0v) is 19.6. The molecule has 1 aromatic carbocycles. The second-order valence-electron chi connectivity index (χ2n) is 7.15.